The lowest BCUT2D eigenvalue weighted by molar-refractivity contribution is -0.136. The van der Waals surface area contributed by atoms with Crippen LogP contribution in [0.25, 0.3) is 5.69 Å². The molecule has 0 saturated heterocycles. The van der Waals surface area contributed by atoms with Crippen LogP contribution >= 0.6 is 11.8 Å². The highest BCUT2D eigenvalue weighted by Gasteiger charge is 2.05. The number of carbonyl (C=O) groups is 1. The summed E-state index contributed by atoms with van der Waals surface area (Å²) in [5.74, 6) is -0.825. The van der Waals surface area contributed by atoms with Crippen molar-refractivity contribution in [2.75, 3.05) is 6.26 Å². The van der Waals surface area contributed by atoms with Crippen molar-refractivity contribution < 1.29 is 9.90 Å². The van der Waals surface area contributed by atoms with Crippen molar-refractivity contribution >= 4 is 17.7 Å². The van der Waals surface area contributed by atoms with Crippen molar-refractivity contribution in [3.05, 3.63) is 36.2 Å². The van der Waals surface area contributed by atoms with Crippen LogP contribution in [0.4, 0.5) is 0 Å². The lowest BCUT2D eigenvalue weighted by Crippen LogP contribution is -1.97. The minimum absolute atomic E-state index is 0.0730. The summed E-state index contributed by atoms with van der Waals surface area (Å²) in [6.45, 7) is 0. The predicted octanol–water partition coefficient (Wildman–Crippen LogP) is 2.01. The van der Waals surface area contributed by atoms with Gasteiger partial charge in [-0.3, -0.25) is 4.79 Å². The Balaban J connectivity index is 2.15. The molecule has 0 aliphatic carbocycles. The van der Waals surface area contributed by atoms with E-state index in [1.807, 2.05) is 30.5 Å². The Morgan fingerprint density at radius 1 is 1.50 bits per heavy atom. The molecular weight excluding hydrogens is 250 g/mol. The maximum absolute atomic E-state index is 10.5. The first-order chi connectivity index (χ1) is 8.69. The molecule has 0 amide bonds. The van der Waals surface area contributed by atoms with Gasteiger partial charge in [0.15, 0.2) is 0 Å². The molecule has 1 heterocycles. The molecule has 5 nitrogen and oxygen atoms in total. The molecule has 0 aliphatic heterocycles. The zero-order valence-corrected chi connectivity index (χ0v) is 10.7. The second-order valence-electron chi connectivity index (χ2n) is 3.75. The summed E-state index contributed by atoms with van der Waals surface area (Å²) in [5.41, 5.74) is 1.61. The number of carboxylic acids is 1. The molecule has 6 heteroatoms. The van der Waals surface area contributed by atoms with E-state index in [9.17, 15) is 4.79 Å². The Hall–Kier alpha value is -1.82. The van der Waals surface area contributed by atoms with Crippen LogP contribution in [0.1, 0.15) is 12.1 Å². The number of aryl methyl sites for hydroxylation is 1. The van der Waals surface area contributed by atoms with E-state index in [-0.39, 0.29) is 6.42 Å². The minimum Gasteiger partial charge on any atom is -0.481 e. The number of aromatic nitrogens is 3. The highest BCUT2D eigenvalue weighted by Crippen LogP contribution is 2.18. The summed E-state index contributed by atoms with van der Waals surface area (Å²) in [4.78, 5) is 11.6. The van der Waals surface area contributed by atoms with Crippen molar-refractivity contribution in [2.45, 2.75) is 17.7 Å². The Morgan fingerprint density at radius 3 is 3.06 bits per heavy atom. The zero-order valence-electron chi connectivity index (χ0n) is 9.91. The van der Waals surface area contributed by atoms with E-state index < -0.39 is 5.97 Å². The monoisotopic (exact) mass is 263 g/mol. The molecule has 1 N–H and O–H groups in total. The van der Waals surface area contributed by atoms with E-state index in [4.69, 9.17) is 5.11 Å². The van der Waals surface area contributed by atoms with Gasteiger partial charge in [0.05, 0.1) is 24.0 Å². The van der Waals surface area contributed by atoms with Crippen molar-refractivity contribution in [2.24, 2.45) is 0 Å². The summed E-state index contributed by atoms with van der Waals surface area (Å²) in [5, 5.41) is 16.6. The fourth-order valence-electron chi connectivity index (χ4n) is 1.53. The summed E-state index contributed by atoms with van der Waals surface area (Å²) in [6, 6.07) is 7.94. The number of nitrogens with zero attached hydrogens (tertiary/aromatic N) is 3. The van der Waals surface area contributed by atoms with Gasteiger partial charge in [-0.25, -0.2) is 4.68 Å². The molecule has 0 fully saturated rings. The van der Waals surface area contributed by atoms with Crippen LogP contribution in [0.3, 0.4) is 0 Å². The zero-order chi connectivity index (χ0) is 13.0. The fraction of sp³-hybridized carbons (Fsp3) is 0.250. The van der Waals surface area contributed by atoms with Crippen LogP contribution in [0.15, 0.2) is 35.4 Å². The molecule has 94 valence electrons. The normalized spacial score (nSPS) is 10.5. The lowest BCUT2D eigenvalue weighted by Gasteiger charge is -2.01. The van der Waals surface area contributed by atoms with Gasteiger partial charge in [-0.2, -0.15) is 0 Å². The molecule has 0 radical (unpaired) electrons. The van der Waals surface area contributed by atoms with Crippen LogP contribution in [0.2, 0.25) is 0 Å². The molecular formula is C12H13N3O2S. The van der Waals surface area contributed by atoms with Crippen molar-refractivity contribution in [1.82, 2.24) is 15.0 Å². The van der Waals surface area contributed by atoms with E-state index in [2.05, 4.69) is 10.3 Å². The first-order valence-corrected chi connectivity index (χ1v) is 6.69. The van der Waals surface area contributed by atoms with Crippen LogP contribution in [-0.2, 0) is 11.2 Å². The topological polar surface area (TPSA) is 68.0 Å². The van der Waals surface area contributed by atoms with E-state index in [0.29, 0.717) is 12.1 Å². The quantitative estimate of drug-likeness (QED) is 0.836. The highest BCUT2D eigenvalue weighted by atomic mass is 32.2. The molecule has 0 spiro atoms. The number of rotatable bonds is 5. The minimum atomic E-state index is -0.825. The van der Waals surface area contributed by atoms with Crippen LogP contribution in [0.5, 0.6) is 0 Å². The third-order valence-corrected chi connectivity index (χ3v) is 3.18. The number of benzene rings is 1. The smallest absolute Gasteiger partial charge is 0.303 e. The van der Waals surface area contributed by atoms with E-state index >= 15 is 0 Å². The number of aliphatic carboxylic acids is 1. The van der Waals surface area contributed by atoms with Crippen LogP contribution < -0.4 is 0 Å². The number of thioether (sulfide) groups is 1. The van der Waals surface area contributed by atoms with Crippen LogP contribution in [0, 0.1) is 0 Å². The molecule has 0 saturated carbocycles. The molecule has 0 bridgehead atoms. The average molecular weight is 263 g/mol. The first-order valence-electron chi connectivity index (χ1n) is 5.46. The summed E-state index contributed by atoms with van der Waals surface area (Å²) in [7, 11) is 0. The first kappa shape index (κ1) is 12.6. The van der Waals surface area contributed by atoms with Crippen LogP contribution in [-0.4, -0.2) is 32.3 Å². The summed E-state index contributed by atoms with van der Waals surface area (Å²) in [6.07, 6.45) is 4.25. The Bertz CT molecular complexity index is 554. The standard InChI is InChI=1S/C12H13N3O2S/c1-18-11-4-2-3-10(7-11)15-8-9(13-14-15)5-6-12(16)17/h2-4,7-8H,5-6H2,1H3,(H,16,17). The van der Waals surface area contributed by atoms with Crippen molar-refractivity contribution in [3.63, 3.8) is 0 Å². The van der Waals surface area contributed by atoms with Crippen molar-refractivity contribution in [1.29, 1.82) is 0 Å². The highest BCUT2D eigenvalue weighted by molar-refractivity contribution is 7.98. The molecule has 1 aromatic carbocycles. The van der Waals surface area contributed by atoms with Gasteiger partial charge < -0.3 is 5.11 Å². The number of carboxylic acid groups (broad SMARTS) is 1. The Labute approximate surface area is 109 Å². The third-order valence-electron chi connectivity index (χ3n) is 2.45. The lowest BCUT2D eigenvalue weighted by atomic mass is 10.2. The van der Waals surface area contributed by atoms with Gasteiger partial charge in [-0.15, -0.1) is 16.9 Å². The molecule has 0 aliphatic rings. The molecule has 2 aromatic rings. The van der Waals surface area contributed by atoms with Gasteiger partial charge in [0, 0.05) is 11.3 Å². The predicted molar refractivity (Wildman–Crippen MR) is 69.1 cm³/mol. The van der Waals surface area contributed by atoms with Gasteiger partial charge in [0.2, 0.25) is 0 Å². The van der Waals surface area contributed by atoms with Gasteiger partial charge in [0.1, 0.15) is 0 Å². The number of hydrogen-bond acceptors (Lipinski definition) is 4. The maximum atomic E-state index is 10.5. The average Bonchev–Trinajstić information content (AvgIpc) is 2.85. The van der Waals surface area contributed by atoms with Crippen molar-refractivity contribution in [3.8, 4) is 5.69 Å². The van der Waals surface area contributed by atoms with Gasteiger partial charge >= 0.3 is 5.97 Å². The third kappa shape index (κ3) is 3.10. The molecule has 18 heavy (non-hydrogen) atoms. The van der Waals surface area contributed by atoms with E-state index in [1.54, 1.807) is 22.6 Å². The summed E-state index contributed by atoms with van der Waals surface area (Å²) >= 11 is 1.66. The van der Waals surface area contributed by atoms with E-state index in [1.165, 1.54) is 0 Å². The molecule has 1 aromatic heterocycles. The maximum Gasteiger partial charge on any atom is 0.303 e. The second kappa shape index (κ2) is 5.68. The Kier molecular flexibility index (Phi) is 3.99. The van der Waals surface area contributed by atoms with E-state index in [0.717, 1.165) is 10.6 Å². The fourth-order valence-corrected chi connectivity index (χ4v) is 1.98. The van der Waals surface area contributed by atoms with Gasteiger partial charge in [-0.05, 0) is 24.5 Å². The van der Waals surface area contributed by atoms with Gasteiger partial charge in [-0.1, -0.05) is 11.3 Å². The molecule has 2 rings (SSSR count). The Morgan fingerprint density at radius 2 is 2.33 bits per heavy atom. The largest absolute Gasteiger partial charge is 0.481 e. The second-order valence-corrected chi connectivity index (χ2v) is 4.63. The SMILES string of the molecule is CSc1cccc(-n2cc(CCC(=O)O)nn2)c1. The molecule has 0 atom stereocenters. The summed E-state index contributed by atoms with van der Waals surface area (Å²) < 4.78 is 1.66. The molecule has 0 unspecified atom stereocenters. The van der Waals surface area contributed by atoms with Gasteiger partial charge in [0.25, 0.3) is 0 Å². The number of hydrogen-bond donors (Lipinski definition) is 1.